The fourth-order valence-corrected chi connectivity index (χ4v) is 2.53. The highest BCUT2D eigenvalue weighted by Crippen LogP contribution is 2.33. The van der Waals surface area contributed by atoms with Crippen LogP contribution in [0.25, 0.3) is 0 Å². The van der Waals surface area contributed by atoms with Crippen molar-refractivity contribution >= 4 is 40.2 Å². The van der Waals surface area contributed by atoms with E-state index in [0.717, 1.165) is 19.9 Å². The monoisotopic (exact) mass is 402 g/mol. The third kappa shape index (κ3) is 3.64. The van der Waals surface area contributed by atoms with Crippen LogP contribution in [0.15, 0.2) is 42.5 Å². The Labute approximate surface area is 136 Å². The van der Waals surface area contributed by atoms with E-state index in [1.807, 2.05) is 12.1 Å². The average Bonchev–Trinajstić information content (AvgIpc) is 2.49. The number of methoxy groups -OCH3 is 1. The molecule has 0 aromatic heterocycles. The van der Waals surface area contributed by atoms with Crippen molar-refractivity contribution in [2.24, 2.45) is 0 Å². The lowest BCUT2D eigenvalue weighted by Gasteiger charge is -2.17. The topological polar surface area (TPSA) is 35.5 Å². The molecule has 0 saturated carbocycles. The largest absolute Gasteiger partial charge is 0.488 e. The Morgan fingerprint density at radius 1 is 1.30 bits per heavy atom. The second-order valence-corrected chi connectivity index (χ2v) is 5.59. The van der Waals surface area contributed by atoms with Crippen LogP contribution >= 0.6 is 34.2 Å². The normalized spacial score (nSPS) is 11.2. The minimum absolute atomic E-state index is 0.291. The quantitative estimate of drug-likeness (QED) is 0.527. The van der Waals surface area contributed by atoms with Gasteiger partial charge in [-0.3, -0.25) is 0 Å². The number of ether oxygens (including phenoxy) is 2. The van der Waals surface area contributed by atoms with Crippen LogP contribution < -0.4 is 4.74 Å². The van der Waals surface area contributed by atoms with Gasteiger partial charge in [-0.1, -0.05) is 29.8 Å². The van der Waals surface area contributed by atoms with Crippen LogP contribution in [0.3, 0.4) is 0 Å². The molecule has 2 heterocycles. The molecule has 0 amide bonds. The standard InChI is InChI=1S/C8H8O2.C7H4ClIO/c1-10-8(9)7-5-3-2-4-6-7;8-5-2-7-6(9)1-4(5)3-10-7/h2-6H,1H3;1-2H,3H2. The van der Waals surface area contributed by atoms with Gasteiger partial charge in [-0.15, -0.1) is 0 Å². The van der Waals surface area contributed by atoms with Crippen molar-refractivity contribution in [1.82, 2.24) is 0 Å². The Morgan fingerprint density at radius 3 is 2.40 bits per heavy atom. The Kier molecular flexibility index (Phi) is 5.25. The van der Waals surface area contributed by atoms with Crippen molar-refractivity contribution in [3.63, 3.8) is 0 Å². The number of carbonyl (C=O) groups is 1. The van der Waals surface area contributed by atoms with Crippen LogP contribution in [0.4, 0.5) is 0 Å². The predicted octanol–water partition coefficient (Wildman–Crippen LogP) is 4.31. The summed E-state index contributed by atoms with van der Waals surface area (Å²) in [5.41, 5.74) is 1.67. The van der Waals surface area contributed by atoms with Crippen LogP contribution in [0, 0.1) is 3.57 Å². The molecular formula is C15H12ClIO3. The van der Waals surface area contributed by atoms with Crippen LogP contribution in [-0.4, -0.2) is 13.1 Å². The molecule has 20 heavy (non-hydrogen) atoms. The highest BCUT2D eigenvalue weighted by Gasteiger charge is 2.14. The Balaban J connectivity index is 0.000000147. The summed E-state index contributed by atoms with van der Waals surface area (Å²) in [7, 11) is 1.37. The number of hydrogen-bond donors (Lipinski definition) is 0. The average molecular weight is 403 g/mol. The minimum atomic E-state index is -0.291. The zero-order chi connectivity index (χ0) is 14.5. The molecule has 0 saturated heterocycles. The lowest BCUT2D eigenvalue weighted by molar-refractivity contribution is 0.0600. The van der Waals surface area contributed by atoms with Gasteiger partial charge in [-0.25, -0.2) is 4.79 Å². The van der Waals surface area contributed by atoms with Crippen molar-refractivity contribution in [1.29, 1.82) is 0 Å². The fourth-order valence-electron chi connectivity index (χ4n) is 1.64. The van der Waals surface area contributed by atoms with Gasteiger partial charge in [0.05, 0.1) is 21.3 Å². The number of benzene rings is 2. The summed E-state index contributed by atoms with van der Waals surface area (Å²) in [5, 5.41) is 0.821. The van der Waals surface area contributed by atoms with E-state index < -0.39 is 0 Å². The number of hydrogen-bond acceptors (Lipinski definition) is 3. The van der Waals surface area contributed by atoms with Crippen molar-refractivity contribution in [2.75, 3.05) is 7.11 Å². The molecule has 0 N–H and O–H groups in total. The van der Waals surface area contributed by atoms with Crippen molar-refractivity contribution in [3.8, 4) is 5.75 Å². The van der Waals surface area contributed by atoms with E-state index in [0.29, 0.717) is 12.2 Å². The molecule has 104 valence electrons. The number of carbonyl (C=O) groups excluding carboxylic acids is 1. The Bertz CT molecular complexity index is 584. The molecule has 5 heteroatoms. The predicted molar refractivity (Wildman–Crippen MR) is 86.3 cm³/mol. The second-order valence-electron chi connectivity index (χ2n) is 4.02. The molecule has 2 bridgehead atoms. The van der Waals surface area contributed by atoms with E-state index in [-0.39, 0.29) is 5.97 Å². The van der Waals surface area contributed by atoms with Crippen molar-refractivity contribution in [3.05, 3.63) is 62.2 Å². The molecule has 0 aliphatic carbocycles. The van der Waals surface area contributed by atoms with Gasteiger partial charge in [0.25, 0.3) is 0 Å². The molecule has 2 aromatic carbocycles. The Hall–Kier alpha value is -1.27. The van der Waals surface area contributed by atoms with Gasteiger partial charge in [0, 0.05) is 11.6 Å². The minimum Gasteiger partial charge on any atom is -0.488 e. The summed E-state index contributed by atoms with van der Waals surface area (Å²) in [4.78, 5) is 10.8. The lowest BCUT2D eigenvalue weighted by atomic mass is 10.2. The first-order valence-corrected chi connectivity index (χ1v) is 7.31. The van der Waals surface area contributed by atoms with Gasteiger partial charge in [0.2, 0.25) is 0 Å². The summed E-state index contributed by atoms with van der Waals surface area (Å²) in [6.07, 6.45) is 0. The van der Waals surface area contributed by atoms with Gasteiger partial charge >= 0.3 is 5.97 Å². The maximum Gasteiger partial charge on any atom is 0.337 e. The summed E-state index contributed by atoms with van der Waals surface area (Å²) in [5.74, 6) is 0.612. The third-order valence-corrected chi connectivity index (χ3v) is 3.87. The van der Waals surface area contributed by atoms with E-state index in [2.05, 4.69) is 33.4 Å². The van der Waals surface area contributed by atoms with Crippen molar-refractivity contribution in [2.45, 2.75) is 6.61 Å². The van der Waals surface area contributed by atoms with E-state index in [1.165, 1.54) is 7.11 Å². The highest BCUT2D eigenvalue weighted by molar-refractivity contribution is 14.1. The van der Waals surface area contributed by atoms with Gasteiger partial charge in [-0.05, 0) is 40.8 Å². The summed E-state index contributed by atoms with van der Waals surface area (Å²) >= 11 is 8.09. The first-order chi connectivity index (χ1) is 9.61. The number of fused-ring (bicyclic) bond motifs is 3. The molecule has 2 aliphatic heterocycles. The zero-order valence-electron chi connectivity index (χ0n) is 10.7. The third-order valence-electron chi connectivity index (χ3n) is 2.68. The number of halogens is 2. The summed E-state index contributed by atoms with van der Waals surface area (Å²) < 4.78 is 10.9. The fraction of sp³-hybridized carbons (Fsp3) is 0.133. The van der Waals surface area contributed by atoms with Crippen LogP contribution in [0.2, 0.25) is 5.02 Å². The molecule has 4 rings (SSSR count). The van der Waals surface area contributed by atoms with Gasteiger partial charge in [-0.2, -0.15) is 0 Å². The van der Waals surface area contributed by atoms with Crippen LogP contribution in [-0.2, 0) is 11.3 Å². The molecular weight excluding hydrogens is 391 g/mol. The highest BCUT2D eigenvalue weighted by atomic mass is 127. The molecule has 3 nitrogen and oxygen atoms in total. The molecule has 2 aromatic rings. The van der Waals surface area contributed by atoms with E-state index >= 15 is 0 Å². The van der Waals surface area contributed by atoms with Crippen molar-refractivity contribution < 1.29 is 14.3 Å². The van der Waals surface area contributed by atoms with Crippen LogP contribution in [0.1, 0.15) is 15.9 Å². The SMILES string of the molecule is COC(=O)c1ccccc1.Clc1cc2c(I)cc1CO2. The first-order valence-electron chi connectivity index (χ1n) is 5.86. The molecule has 0 unspecified atom stereocenters. The Morgan fingerprint density at radius 2 is 2.00 bits per heavy atom. The number of rotatable bonds is 1. The number of esters is 1. The van der Waals surface area contributed by atoms with E-state index in [1.54, 1.807) is 24.3 Å². The zero-order valence-corrected chi connectivity index (χ0v) is 13.6. The van der Waals surface area contributed by atoms with Gasteiger partial charge in [0.1, 0.15) is 12.4 Å². The summed E-state index contributed by atoms with van der Waals surface area (Å²) in [6.45, 7) is 0.636. The lowest BCUT2D eigenvalue weighted by Crippen LogP contribution is -2.05. The van der Waals surface area contributed by atoms with Gasteiger partial charge in [0.15, 0.2) is 0 Å². The molecule has 0 atom stereocenters. The van der Waals surface area contributed by atoms with Gasteiger partial charge < -0.3 is 9.47 Å². The molecule has 2 aliphatic rings. The van der Waals surface area contributed by atoms with E-state index in [4.69, 9.17) is 16.3 Å². The molecule has 0 spiro atoms. The second kappa shape index (κ2) is 6.95. The maximum atomic E-state index is 10.8. The first kappa shape index (κ1) is 15.1. The van der Waals surface area contributed by atoms with E-state index in [9.17, 15) is 4.79 Å². The van der Waals surface area contributed by atoms with Crippen LogP contribution in [0.5, 0.6) is 5.75 Å². The smallest absolute Gasteiger partial charge is 0.337 e. The maximum absolute atomic E-state index is 10.8. The summed E-state index contributed by atoms with van der Waals surface area (Å²) in [6, 6.07) is 12.8. The molecule has 0 radical (unpaired) electrons. The molecule has 0 fully saturated rings.